The van der Waals surface area contributed by atoms with E-state index in [1.54, 1.807) is 6.08 Å². The number of hydrogen-bond acceptors (Lipinski definition) is 4. The van der Waals surface area contributed by atoms with Crippen molar-refractivity contribution in [2.24, 2.45) is 14.1 Å². The molecule has 6 nitrogen and oxygen atoms in total. The highest BCUT2D eigenvalue weighted by molar-refractivity contribution is 6.08. The molecule has 0 saturated carbocycles. The van der Waals surface area contributed by atoms with E-state index in [9.17, 15) is 19.5 Å². The normalized spacial score (nSPS) is 11.3. The largest absolute Gasteiger partial charge is 0.494 e. The van der Waals surface area contributed by atoms with Crippen LogP contribution in [-0.4, -0.2) is 20.0 Å². The fourth-order valence-corrected chi connectivity index (χ4v) is 2.69. The third-order valence-corrected chi connectivity index (χ3v) is 4.12. The summed E-state index contributed by atoms with van der Waals surface area (Å²) in [6, 6.07) is 13.4. The lowest BCUT2D eigenvalue weighted by molar-refractivity contribution is 0.104. The molecule has 0 unspecified atom stereocenters. The summed E-state index contributed by atoms with van der Waals surface area (Å²) >= 11 is 0. The lowest BCUT2D eigenvalue weighted by Crippen LogP contribution is -2.39. The highest BCUT2D eigenvalue weighted by Crippen LogP contribution is 2.20. The van der Waals surface area contributed by atoms with Gasteiger partial charge >= 0.3 is 5.69 Å². The van der Waals surface area contributed by atoms with E-state index in [0.29, 0.717) is 0 Å². The van der Waals surface area contributed by atoms with Gasteiger partial charge in [0.15, 0.2) is 5.78 Å². The minimum atomic E-state index is -0.826. The van der Waals surface area contributed by atoms with E-state index < -0.39 is 28.5 Å². The van der Waals surface area contributed by atoms with Gasteiger partial charge in [-0.25, -0.2) is 4.79 Å². The van der Waals surface area contributed by atoms with Crippen LogP contribution < -0.4 is 11.2 Å². The van der Waals surface area contributed by atoms with Gasteiger partial charge in [0.1, 0.15) is 5.56 Å². The molecular formula is C19H16N2O4. The van der Waals surface area contributed by atoms with E-state index >= 15 is 0 Å². The standard InChI is InChI=1S/C19H16N2O4/c1-20-17(23)16(18(24)21(2)19(20)25)15(22)11-10-13-8-5-7-12-6-3-4-9-14(12)13/h3-11,23H,1-2H3/b11-10+. The first kappa shape index (κ1) is 16.4. The molecule has 0 spiro atoms. The van der Waals surface area contributed by atoms with Crippen molar-refractivity contribution in [1.29, 1.82) is 0 Å². The molecule has 0 bridgehead atoms. The van der Waals surface area contributed by atoms with Crippen molar-refractivity contribution >= 4 is 22.6 Å². The number of aromatic hydroxyl groups is 1. The Kier molecular flexibility index (Phi) is 4.10. The topological polar surface area (TPSA) is 81.3 Å². The smallest absolute Gasteiger partial charge is 0.333 e. The number of carbonyl (C=O) groups excluding carboxylic acids is 1. The lowest BCUT2D eigenvalue weighted by Gasteiger charge is -2.08. The Morgan fingerprint density at radius 1 is 1.00 bits per heavy atom. The number of aromatic nitrogens is 2. The van der Waals surface area contributed by atoms with Crippen LogP contribution in [0.4, 0.5) is 0 Å². The molecule has 126 valence electrons. The van der Waals surface area contributed by atoms with Gasteiger partial charge in [0, 0.05) is 14.1 Å². The number of ketones is 1. The van der Waals surface area contributed by atoms with Crippen molar-refractivity contribution in [2.45, 2.75) is 0 Å². The molecule has 0 fully saturated rings. The predicted molar refractivity (Wildman–Crippen MR) is 95.9 cm³/mol. The van der Waals surface area contributed by atoms with E-state index in [4.69, 9.17) is 0 Å². The van der Waals surface area contributed by atoms with E-state index in [2.05, 4.69) is 0 Å². The Balaban J connectivity index is 2.08. The van der Waals surface area contributed by atoms with Crippen LogP contribution in [0.2, 0.25) is 0 Å². The molecule has 0 aliphatic rings. The molecule has 0 atom stereocenters. The Morgan fingerprint density at radius 3 is 2.44 bits per heavy atom. The van der Waals surface area contributed by atoms with E-state index in [1.807, 2.05) is 42.5 Å². The summed E-state index contributed by atoms with van der Waals surface area (Å²) in [7, 11) is 2.55. The SMILES string of the molecule is Cn1c(O)c(C(=O)/C=C/c2cccc3ccccc23)c(=O)n(C)c1=O. The Bertz CT molecular complexity index is 1130. The summed E-state index contributed by atoms with van der Waals surface area (Å²) in [5.41, 5.74) is -1.14. The minimum Gasteiger partial charge on any atom is -0.494 e. The Hall–Kier alpha value is -3.41. The summed E-state index contributed by atoms with van der Waals surface area (Å²) in [4.78, 5) is 36.3. The second-order valence-electron chi connectivity index (χ2n) is 5.67. The van der Waals surface area contributed by atoms with Crippen LogP contribution in [0.3, 0.4) is 0 Å². The van der Waals surface area contributed by atoms with Gasteiger partial charge in [0.25, 0.3) is 5.56 Å². The average molecular weight is 336 g/mol. The molecule has 0 aliphatic carbocycles. The second kappa shape index (κ2) is 6.24. The quantitative estimate of drug-likeness (QED) is 0.584. The van der Waals surface area contributed by atoms with Gasteiger partial charge in [0.05, 0.1) is 0 Å². The van der Waals surface area contributed by atoms with Gasteiger partial charge in [-0.15, -0.1) is 0 Å². The van der Waals surface area contributed by atoms with Crippen molar-refractivity contribution < 1.29 is 9.90 Å². The molecule has 1 aromatic heterocycles. The van der Waals surface area contributed by atoms with Gasteiger partial charge in [-0.05, 0) is 22.4 Å². The van der Waals surface area contributed by atoms with Gasteiger partial charge in [-0.1, -0.05) is 48.5 Å². The fraction of sp³-hybridized carbons (Fsp3) is 0.105. The molecule has 25 heavy (non-hydrogen) atoms. The van der Waals surface area contributed by atoms with E-state index in [-0.39, 0.29) is 0 Å². The van der Waals surface area contributed by atoms with Crippen molar-refractivity contribution in [3.63, 3.8) is 0 Å². The molecule has 3 aromatic rings. The van der Waals surface area contributed by atoms with Crippen LogP contribution in [0.25, 0.3) is 16.8 Å². The summed E-state index contributed by atoms with van der Waals surface area (Å²) in [5, 5.41) is 12.0. The molecule has 0 radical (unpaired) electrons. The van der Waals surface area contributed by atoms with Gasteiger partial charge in [0.2, 0.25) is 5.88 Å². The van der Waals surface area contributed by atoms with Crippen molar-refractivity contribution in [1.82, 2.24) is 9.13 Å². The minimum absolute atomic E-state index is 0.430. The maximum Gasteiger partial charge on any atom is 0.333 e. The van der Waals surface area contributed by atoms with Crippen LogP contribution >= 0.6 is 0 Å². The third-order valence-electron chi connectivity index (χ3n) is 4.12. The molecule has 6 heteroatoms. The van der Waals surface area contributed by atoms with Crippen LogP contribution in [0, 0.1) is 0 Å². The first-order chi connectivity index (χ1) is 11.9. The molecule has 2 aromatic carbocycles. The Labute approximate surface area is 142 Å². The van der Waals surface area contributed by atoms with E-state index in [1.165, 1.54) is 20.2 Å². The van der Waals surface area contributed by atoms with Crippen LogP contribution in [0.15, 0.2) is 58.1 Å². The summed E-state index contributed by atoms with van der Waals surface area (Å²) < 4.78 is 1.65. The first-order valence-electron chi connectivity index (χ1n) is 7.61. The molecule has 3 rings (SSSR count). The van der Waals surface area contributed by atoms with Crippen LogP contribution in [0.5, 0.6) is 5.88 Å². The number of carbonyl (C=O) groups is 1. The zero-order valence-electron chi connectivity index (χ0n) is 13.8. The highest BCUT2D eigenvalue weighted by Gasteiger charge is 2.19. The molecule has 0 saturated heterocycles. The second-order valence-corrected chi connectivity index (χ2v) is 5.67. The molecule has 0 amide bonds. The number of nitrogens with zero attached hydrogens (tertiary/aromatic N) is 2. The number of fused-ring (bicyclic) bond motifs is 1. The zero-order chi connectivity index (χ0) is 18.1. The molecular weight excluding hydrogens is 320 g/mol. The van der Waals surface area contributed by atoms with Gasteiger partial charge in [-0.3, -0.25) is 18.7 Å². The number of allylic oxidation sites excluding steroid dienone is 1. The summed E-state index contributed by atoms with van der Waals surface area (Å²) in [6.07, 6.45) is 2.82. The number of rotatable bonds is 3. The lowest BCUT2D eigenvalue weighted by atomic mass is 10.0. The van der Waals surface area contributed by atoms with Crippen molar-refractivity contribution in [2.75, 3.05) is 0 Å². The van der Waals surface area contributed by atoms with Crippen LogP contribution in [0.1, 0.15) is 15.9 Å². The Morgan fingerprint density at radius 2 is 1.68 bits per heavy atom. The molecule has 1 N–H and O–H groups in total. The third kappa shape index (κ3) is 2.78. The summed E-state index contributed by atoms with van der Waals surface area (Å²) in [5.74, 6) is -1.30. The zero-order valence-corrected chi connectivity index (χ0v) is 13.8. The first-order valence-corrected chi connectivity index (χ1v) is 7.61. The molecule has 0 aliphatic heterocycles. The summed E-state index contributed by atoms with van der Waals surface area (Å²) in [6.45, 7) is 0. The fourth-order valence-electron chi connectivity index (χ4n) is 2.69. The van der Waals surface area contributed by atoms with Gasteiger partial charge < -0.3 is 5.11 Å². The maximum atomic E-state index is 12.4. The van der Waals surface area contributed by atoms with Crippen LogP contribution in [-0.2, 0) is 14.1 Å². The van der Waals surface area contributed by atoms with Crippen molar-refractivity contribution in [3.8, 4) is 5.88 Å². The molecule has 1 heterocycles. The average Bonchev–Trinajstić information content (AvgIpc) is 2.63. The van der Waals surface area contributed by atoms with Gasteiger partial charge in [-0.2, -0.15) is 0 Å². The number of hydrogen-bond donors (Lipinski definition) is 1. The predicted octanol–water partition coefficient (Wildman–Crippen LogP) is 1.84. The monoisotopic (exact) mass is 336 g/mol. The number of benzene rings is 2. The van der Waals surface area contributed by atoms with E-state index in [0.717, 1.165) is 25.5 Å². The maximum absolute atomic E-state index is 12.4. The highest BCUT2D eigenvalue weighted by atomic mass is 16.3. The van der Waals surface area contributed by atoms with Crippen molar-refractivity contribution in [3.05, 3.63) is 80.5 Å².